The third-order valence-corrected chi connectivity index (χ3v) is 14.7. The van der Waals surface area contributed by atoms with Crippen LogP contribution in [0.2, 0.25) is 0 Å². The highest BCUT2D eigenvalue weighted by Gasteiger charge is 2.47. The Hall–Kier alpha value is -9.18. The average molecular weight is 893 g/mol. The Morgan fingerprint density at radius 2 is 0.900 bits per heavy atom. The van der Waals surface area contributed by atoms with Crippen LogP contribution >= 0.6 is 0 Å². The number of benzene rings is 11. The molecule has 0 amide bonds. The molecule has 70 heavy (non-hydrogen) atoms. The molecule has 0 aliphatic heterocycles. The Kier molecular flexibility index (Phi) is 9.11. The number of para-hydroxylation sites is 4. The summed E-state index contributed by atoms with van der Waals surface area (Å²) in [5.74, 6) is 0. The second-order valence-corrected chi connectivity index (χ2v) is 18.4. The molecule has 1 aliphatic rings. The maximum Gasteiger partial charge on any atom is 0.143 e. The molecule has 13 aromatic rings. The lowest BCUT2D eigenvalue weighted by atomic mass is 9.68. The number of hydrogen-bond donors (Lipinski definition) is 0. The van der Waals surface area contributed by atoms with Crippen molar-refractivity contribution in [3.63, 3.8) is 0 Å². The van der Waals surface area contributed by atoms with E-state index >= 15 is 0 Å². The first-order valence-corrected chi connectivity index (χ1v) is 24.1. The summed E-state index contributed by atoms with van der Waals surface area (Å²) in [4.78, 5) is 2.46. The van der Waals surface area contributed by atoms with Gasteiger partial charge in [-0.2, -0.15) is 0 Å². The summed E-state index contributed by atoms with van der Waals surface area (Å²) in [6.07, 6.45) is 0. The van der Waals surface area contributed by atoms with Crippen LogP contribution in [0.4, 0.5) is 17.1 Å². The highest BCUT2D eigenvalue weighted by molar-refractivity contribution is 6.11. The maximum atomic E-state index is 6.62. The minimum absolute atomic E-state index is 0.538. The van der Waals surface area contributed by atoms with E-state index < -0.39 is 5.41 Å². The van der Waals surface area contributed by atoms with Crippen molar-refractivity contribution in [2.24, 2.45) is 0 Å². The van der Waals surface area contributed by atoms with E-state index in [2.05, 4.69) is 270 Å². The number of anilines is 3. The Morgan fingerprint density at radius 3 is 1.61 bits per heavy atom. The molecule has 3 heteroatoms. The van der Waals surface area contributed by atoms with Gasteiger partial charge in [0.2, 0.25) is 0 Å². The molecule has 3 nitrogen and oxygen atoms in total. The van der Waals surface area contributed by atoms with Gasteiger partial charge in [-0.1, -0.05) is 206 Å². The Labute approximate surface area is 406 Å². The van der Waals surface area contributed by atoms with Gasteiger partial charge < -0.3 is 13.9 Å². The first-order chi connectivity index (χ1) is 34.7. The number of aromatic nitrogens is 1. The molecule has 2 heterocycles. The van der Waals surface area contributed by atoms with Gasteiger partial charge >= 0.3 is 0 Å². The van der Waals surface area contributed by atoms with Crippen LogP contribution in [0.5, 0.6) is 0 Å². The van der Waals surface area contributed by atoms with Crippen LogP contribution in [0.25, 0.3) is 82.8 Å². The Bertz CT molecular complexity index is 4020. The van der Waals surface area contributed by atoms with Gasteiger partial charge in [0.25, 0.3) is 0 Å². The fourth-order valence-corrected chi connectivity index (χ4v) is 11.7. The predicted octanol–water partition coefficient (Wildman–Crippen LogP) is 17.8. The molecule has 0 bridgehead atoms. The number of furan rings is 1. The van der Waals surface area contributed by atoms with Crippen molar-refractivity contribution in [2.75, 3.05) is 4.90 Å². The van der Waals surface area contributed by atoms with Gasteiger partial charge in [-0.25, -0.2) is 0 Å². The molecule has 1 aliphatic carbocycles. The predicted molar refractivity (Wildman–Crippen MR) is 291 cm³/mol. The van der Waals surface area contributed by atoms with Crippen molar-refractivity contribution in [2.45, 2.75) is 5.41 Å². The fraction of sp³-hybridized carbons (Fsp3) is 0.0149. The van der Waals surface area contributed by atoms with Crippen LogP contribution < -0.4 is 4.90 Å². The summed E-state index contributed by atoms with van der Waals surface area (Å²) < 4.78 is 8.99. The van der Waals surface area contributed by atoms with Crippen molar-refractivity contribution in [3.05, 3.63) is 289 Å². The van der Waals surface area contributed by atoms with Gasteiger partial charge in [-0.05, 0) is 105 Å². The van der Waals surface area contributed by atoms with Gasteiger partial charge in [0, 0.05) is 49.7 Å². The van der Waals surface area contributed by atoms with Crippen LogP contribution in [0.15, 0.2) is 271 Å². The number of hydrogen-bond acceptors (Lipinski definition) is 2. The summed E-state index contributed by atoms with van der Waals surface area (Å²) >= 11 is 0. The van der Waals surface area contributed by atoms with E-state index in [1.807, 2.05) is 6.07 Å². The van der Waals surface area contributed by atoms with E-state index in [-0.39, 0.29) is 0 Å². The summed E-state index contributed by atoms with van der Waals surface area (Å²) in [5, 5.41) is 4.76. The minimum Gasteiger partial charge on any atom is -0.455 e. The molecule has 0 fully saturated rings. The molecule has 14 rings (SSSR count). The first kappa shape index (κ1) is 39.9. The second-order valence-electron chi connectivity index (χ2n) is 18.4. The molecule has 0 saturated carbocycles. The average Bonchev–Trinajstić information content (AvgIpc) is 4.09. The first-order valence-electron chi connectivity index (χ1n) is 24.1. The third kappa shape index (κ3) is 6.01. The minimum atomic E-state index is -0.538. The lowest BCUT2D eigenvalue weighted by molar-refractivity contribution is 0.670. The second kappa shape index (κ2) is 16.0. The zero-order valence-electron chi connectivity index (χ0n) is 38.2. The zero-order valence-corrected chi connectivity index (χ0v) is 38.2. The molecule has 0 unspecified atom stereocenters. The molecule has 0 radical (unpaired) electrons. The van der Waals surface area contributed by atoms with Crippen LogP contribution in [-0.4, -0.2) is 4.57 Å². The van der Waals surface area contributed by atoms with Crippen LogP contribution in [0.3, 0.4) is 0 Å². The SMILES string of the molecule is c1ccc(C2(c3ccccc3)c3ccccc3-c3c(N(c4ccc(-c5ccc(-n6c7ccccc7c7ccccc76)cc5)cc4)c4cccc(-c5cccc6c5oc5ccccc56)c4)cccc32)cc1. The molecule has 0 saturated heterocycles. The number of fused-ring (bicyclic) bond motifs is 9. The molecular formula is C67H44N2O. The largest absolute Gasteiger partial charge is 0.455 e. The maximum absolute atomic E-state index is 6.62. The van der Waals surface area contributed by atoms with E-state index in [1.54, 1.807) is 0 Å². The lowest BCUT2D eigenvalue weighted by Crippen LogP contribution is -2.28. The Balaban J connectivity index is 0.944. The standard InChI is InChI=1S/C67H44N2O/c1-3-19-48(20-4-1)67(49-21-5-2-6-22-49)59-30-11-7-27-58(59)65-60(67)31-17-34-63(65)68(52-23-15-18-47(44-52)53-28-16-29-57-56-26-10-14-35-64(56)70-66(53)57)50-40-36-45(37-41-50)46-38-42-51(43-39-46)69-61-32-12-8-24-54(61)55-25-9-13-33-62(55)69/h1-44H. The van der Waals surface area contributed by atoms with Crippen LogP contribution in [0, 0.1) is 0 Å². The Morgan fingerprint density at radius 1 is 0.357 bits per heavy atom. The smallest absolute Gasteiger partial charge is 0.143 e. The van der Waals surface area contributed by atoms with Crippen LogP contribution in [0.1, 0.15) is 22.3 Å². The molecule has 0 atom stereocenters. The van der Waals surface area contributed by atoms with E-state index in [9.17, 15) is 0 Å². The van der Waals surface area contributed by atoms with Gasteiger partial charge in [-0.3, -0.25) is 0 Å². The summed E-state index contributed by atoms with van der Waals surface area (Å²) in [5.41, 5.74) is 20.0. The highest BCUT2D eigenvalue weighted by Crippen LogP contribution is 2.59. The third-order valence-electron chi connectivity index (χ3n) is 14.7. The van der Waals surface area contributed by atoms with E-state index in [0.29, 0.717) is 0 Å². The van der Waals surface area contributed by atoms with E-state index in [1.165, 1.54) is 55.2 Å². The van der Waals surface area contributed by atoms with E-state index in [4.69, 9.17) is 4.42 Å². The molecule has 11 aromatic carbocycles. The quantitative estimate of drug-likeness (QED) is 0.152. The van der Waals surface area contributed by atoms with Crippen molar-refractivity contribution in [1.82, 2.24) is 4.57 Å². The van der Waals surface area contributed by atoms with Gasteiger partial charge in [-0.15, -0.1) is 0 Å². The van der Waals surface area contributed by atoms with Crippen LogP contribution in [-0.2, 0) is 5.41 Å². The summed E-state index contributed by atoms with van der Waals surface area (Å²) in [6, 6.07) is 97.2. The molecule has 2 aromatic heterocycles. The van der Waals surface area contributed by atoms with E-state index in [0.717, 1.165) is 66.9 Å². The summed E-state index contributed by atoms with van der Waals surface area (Å²) in [7, 11) is 0. The topological polar surface area (TPSA) is 21.3 Å². The molecule has 328 valence electrons. The normalized spacial score (nSPS) is 12.7. The fourth-order valence-electron chi connectivity index (χ4n) is 11.7. The summed E-state index contributed by atoms with van der Waals surface area (Å²) in [6.45, 7) is 0. The lowest BCUT2D eigenvalue weighted by Gasteiger charge is -2.34. The van der Waals surface area contributed by atoms with Crippen molar-refractivity contribution in [1.29, 1.82) is 0 Å². The van der Waals surface area contributed by atoms with Gasteiger partial charge in [0.05, 0.1) is 22.1 Å². The monoisotopic (exact) mass is 892 g/mol. The van der Waals surface area contributed by atoms with Gasteiger partial charge in [0.1, 0.15) is 11.2 Å². The highest BCUT2D eigenvalue weighted by atomic mass is 16.3. The molecule has 0 N–H and O–H groups in total. The van der Waals surface area contributed by atoms with Crippen molar-refractivity contribution in [3.8, 4) is 39.1 Å². The van der Waals surface area contributed by atoms with Crippen molar-refractivity contribution < 1.29 is 4.42 Å². The number of nitrogens with zero attached hydrogens (tertiary/aromatic N) is 2. The van der Waals surface area contributed by atoms with Gasteiger partial charge in [0.15, 0.2) is 0 Å². The molecule has 0 spiro atoms. The zero-order chi connectivity index (χ0) is 46.2. The van der Waals surface area contributed by atoms with Crippen molar-refractivity contribution >= 4 is 60.8 Å². The number of rotatable bonds is 8. The molecular weight excluding hydrogens is 849 g/mol.